The number of aromatic nitrogens is 1. The van der Waals surface area contributed by atoms with E-state index >= 15 is 0 Å². The summed E-state index contributed by atoms with van der Waals surface area (Å²) in [4.78, 5) is 22.5. The third-order valence-electron chi connectivity index (χ3n) is 3.22. The predicted octanol–water partition coefficient (Wildman–Crippen LogP) is 1.98. The molecule has 6 heteroatoms. The molecule has 112 valence electrons. The van der Waals surface area contributed by atoms with Crippen LogP contribution in [0.1, 0.15) is 50.1 Å². The molecule has 0 radical (unpaired) electrons. The Kier molecular flexibility index (Phi) is 5.30. The van der Waals surface area contributed by atoms with E-state index < -0.39 is 11.5 Å². The number of nitrogens with zero attached hydrogens (tertiary/aromatic N) is 1. The summed E-state index contributed by atoms with van der Waals surface area (Å²) in [6.07, 6.45) is 1.35. The third kappa shape index (κ3) is 5.03. The molecule has 0 unspecified atom stereocenters. The Morgan fingerprint density at radius 2 is 1.95 bits per heavy atom. The lowest BCUT2D eigenvalue weighted by Crippen LogP contribution is -2.43. The number of aryl methyl sites for hydroxylation is 2. The van der Waals surface area contributed by atoms with Crippen molar-refractivity contribution >= 4 is 11.9 Å². The Bertz CT molecular complexity index is 472. The van der Waals surface area contributed by atoms with Crippen molar-refractivity contribution in [3.8, 4) is 0 Å². The Labute approximate surface area is 118 Å². The summed E-state index contributed by atoms with van der Waals surface area (Å²) in [5, 5.41) is 15.4. The van der Waals surface area contributed by atoms with Crippen LogP contribution in [0.3, 0.4) is 0 Å². The first-order chi connectivity index (χ1) is 9.21. The van der Waals surface area contributed by atoms with Crippen molar-refractivity contribution in [3.63, 3.8) is 0 Å². The van der Waals surface area contributed by atoms with E-state index in [0.717, 1.165) is 17.0 Å². The normalized spacial score (nSPS) is 11.4. The van der Waals surface area contributed by atoms with Crippen molar-refractivity contribution in [1.29, 1.82) is 0 Å². The van der Waals surface area contributed by atoms with Gasteiger partial charge in [-0.15, -0.1) is 0 Å². The molecule has 1 amide bonds. The van der Waals surface area contributed by atoms with Gasteiger partial charge in [-0.1, -0.05) is 5.16 Å². The highest BCUT2D eigenvalue weighted by molar-refractivity contribution is 5.77. The lowest BCUT2D eigenvalue weighted by molar-refractivity contribution is -0.137. The van der Waals surface area contributed by atoms with Gasteiger partial charge in [-0.05, 0) is 40.5 Å². The van der Waals surface area contributed by atoms with Crippen molar-refractivity contribution in [2.75, 3.05) is 0 Å². The number of hydrogen-bond acceptors (Lipinski definition) is 4. The monoisotopic (exact) mass is 282 g/mol. The zero-order chi connectivity index (χ0) is 15.3. The fourth-order valence-corrected chi connectivity index (χ4v) is 2.02. The average Bonchev–Trinajstić information content (AvgIpc) is 2.64. The number of carbonyl (C=O) groups excluding carboxylic acids is 1. The van der Waals surface area contributed by atoms with Gasteiger partial charge >= 0.3 is 5.97 Å². The molecule has 0 fully saturated rings. The number of rotatable bonds is 7. The van der Waals surface area contributed by atoms with Gasteiger partial charge in [0, 0.05) is 23.9 Å². The zero-order valence-corrected chi connectivity index (χ0v) is 12.4. The molecule has 0 spiro atoms. The van der Waals surface area contributed by atoms with Crippen molar-refractivity contribution in [3.05, 3.63) is 17.0 Å². The van der Waals surface area contributed by atoms with E-state index in [9.17, 15) is 9.59 Å². The molecular weight excluding hydrogens is 260 g/mol. The zero-order valence-electron chi connectivity index (χ0n) is 12.4. The third-order valence-corrected chi connectivity index (χ3v) is 3.22. The van der Waals surface area contributed by atoms with Gasteiger partial charge in [0.2, 0.25) is 5.91 Å². The van der Waals surface area contributed by atoms with Crippen LogP contribution in [0.25, 0.3) is 0 Å². The first kappa shape index (κ1) is 16.2. The van der Waals surface area contributed by atoms with Crippen molar-refractivity contribution in [2.45, 2.75) is 58.9 Å². The fourth-order valence-electron chi connectivity index (χ4n) is 2.02. The van der Waals surface area contributed by atoms with Crippen molar-refractivity contribution < 1.29 is 19.2 Å². The molecule has 1 rings (SSSR count). The Balaban J connectivity index is 2.45. The van der Waals surface area contributed by atoms with E-state index in [1.54, 1.807) is 0 Å². The first-order valence-electron chi connectivity index (χ1n) is 6.66. The molecule has 0 saturated heterocycles. The fraction of sp³-hybridized carbons (Fsp3) is 0.643. The Morgan fingerprint density at radius 1 is 1.30 bits per heavy atom. The molecule has 0 bridgehead atoms. The lowest BCUT2D eigenvalue weighted by atomic mass is 9.97. The van der Waals surface area contributed by atoms with Crippen molar-refractivity contribution in [1.82, 2.24) is 10.5 Å². The predicted molar refractivity (Wildman–Crippen MR) is 73.4 cm³/mol. The van der Waals surface area contributed by atoms with Crippen LogP contribution in [0.2, 0.25) is 0 Å². The van der Waals surface area contributed by atoms with E-state index in [2.05, 4.69) is 10.5 Å². The molecule has 2 N–H and O–H groups in total. The minimum absolute atomic E-state index is 0.0388. The standard InChI is InChI=1S/C14H22N2O4/c1-9-11(10(2)20-16-9)5-6-12(17)15-14(3,4)8-7-13(18)19/h5-8H2,1-4H3,(H,15,17)(H,18,19). The highest BCUT2D eigenvalue weighted by atomic mass is 16.5. The number of amides is 1. The minimum Gasteiger partial charge on any atom is -0.481 e. The first-order valence-corrected chi connectivity index (χ1v) is 6.66. The van der Waals surface area contributed by atoms with Gasteiger partial charge in [0.25, 0.3) is 0 Å². The van der Waals surface area contributed by atoms with Gasteiger partial charge in [-0.2, -0.15) is 0 Å². The molecule has 0 aliphatic rings. The topological polar surface area (TPSA) is 92.4 Å². The Hall–Kier alpha value is -1.85. The number of aliphatic carboxylic acids is 1. The van der Waals surface area contributed by atoms with Gasteiger partial charge in [0.05, 0.1) is 5.69 Å². The summed E-state index contributed by atoms with van der Waals surface area (Å²) in [5.41, 5.74) is 1.25. The van der Waals surface area contributed by atoms with Crippen LogP contribution in [0.15, 0.2) is 4.52 Å². The van der Waals surface area contributed by atoms with E-state index in [4.69, 9.17) is 9.63 Å². The van der Waals surface area contributed by atoms with Gasteiger partial charge in [0.15, 0.2) is 0 Å². The van der Waals surface area contributed by atoms with E-state index in [1.807, 2.05) is 27.7 Å². The summed E-state index contributed by atoms with van der Waals surface area (Å²) in [5.74, 6) is -0.219. The smallest absolute Gasteiger partial charge is 0.303 e. The molecule has 1 aromatic heterocycles. The van der Waals surface area contributed by atoms with Crippen LogP contribution in [0.4, 0.5) is 0 Å². The van der Waals surface area contributed by atoms with Crippen LogP contribution in [-0.2, 0) is 16.0 Å². The molecule has 1 heterocycles. The number of carboxylic acid groups (broad SMARTS) is 1. The second-order valence-electron chi connectivity index (χ2n) is 5.63. The quantitative estimate of drug-likeness (QED) is 0.797. The molecule has 1 aromatic rings. The summed E-state index contributed by atoms with van der Waals surface area (Å²) >= 11 is 0. The maximum Gasteiger partial charge on any atom is 0.303 e. The lowest BCUT2D eigenvalue weighted by Gasteiger charge is -2.25. The molecule has 0 atom stereocenters. The van der Waals surface area contributed by atoms with Crippen LogP contribution in [0.5, 0.6) is 0 Å². The highest BCUT2D eigenvalue weighted by Gasteiger charge is 2.21. The largest absolute Gasteiger partial charge is 0.481 e. The maximum atomic E-state index is 11.9. The molecule has 20 heavy (non-hydrogen) atoms. The molecule has 0 aliphatic carbocycles. The van der Waals surface area contributed by atoms with Crippen LogP contribution < -0.4 is 5.32 Å². The second-order valence-corrected chi connectivity index (χ2v) is 5.63. The SMILES string of the molecule is Cc1noc(C)c1CCC(=O)NC(C)(C)CCC(=O)O. The number of carbonyl (C=O) groups is 2. The van der Waals surface area contributed by atoms with Gasteiger partial charge in [-0.25, -0.2) is 0 Å². The number of hydrogen-bond donors (Lipinski definition) is 2. The average molecular weight is 282 g/mol. The maximum absolute atomic E-state index is 11.9. The van der Waals surface area contributed by atoms with Gasteiger partial charge in [0.1, 0.15) is 5.76 Å². The van der Waals surface area contributed by atoms with E-state index in [1.165, 1.54) is 0 Å². The second kappa shape index (κ2) is 6.54. The summed E-state index contributed by atoms with van der Waals surface area (Å²) in [6, 6.07) is 0. The Morgan fingerprint density at radius 3 is 2.45 bits per heavy atom. The summed E-state index contributed by atoms with van der Waals surface area (Å²) in [7, 11) is 0. The van der Waals surface area contributed by atoms with Crippen LogP contribution in [0, 0.1) is 13.8 Å². The molecular formula is C14H22N2O4. The van der Waals surface area contributed by atoms with Crippen molar-refractivity contribution in [2.24, 2.45) is 0 Å². The highest BCUT2D eigenvalue weighted by Crippen LogP contribution is 2.15. The minimum atomic E-state index is -0.858. The van der Waals surface area contributed by atoms with Gasteiger partial charge < -0.3 is 14.9 Å². The van der Waals surface area contributed by atoms with E-state index in [0.29, 0.717) is 19.3 Å². The van der Waals surface area contributed by atoms with Crippen LogP contribution >= 0.6 is 0 Å². The number of nitrogens with one attached hydrogen (secondary N) is 1. The molecule has 0 saturated carbocycles. The summed E-state index contributed by atoms with van der Waals surface area (Å²) < 4.78 is 5.05. The van der Waals surface area contributed by atoms with E-state index in [-0.39, 0.29) is 12.3 Å². The molecule has 0 aromatic carbocycles. The summed E-state index contributed by atoms with van der Waals surface area (Å²) in [6.45, 7) is 7.32. The van der Waals surface area contributed by atoms with Crippen LogP contribution in [-0.4, -0.2) is 27.7 Å². The number of carboxylic acids is 1. The van der Waals surface area contributed by atoms with Gasteiger partial charge in [-0.3, -0.25) is 9.59 Å². The molecule has 0 aliphatic heterocycles. The molecule has 6 nitrogen and oxygen atoms in total.